The maximum absolute atomic E-state index is 12.8. The number of para-hydroxylation sites is 2. The van der Waals surface area contributed by atoms with Gasteiger partial charge in [0.15, 0.2) is 0 Å². The van der Waals surface area contributed by atoms with Gasteiger partial charge in [-0.2, -0.15) is 0 Å². The number of carbonyl (C=O) groups is 2. The second-order valence-corrected chi connectivity index (χ2v) is 7.37. The first-order valence-electron chi connectivity index (χ1n) is 10.3. The third-order valence-electron chi connectivity index (χ3n) is 5.50. The van der Waals surface area contributed by atoms with Gasteiger partial charge in [0.1, 0.15) is 0 Å². The third kappa shape index (κ3) is 5.15. The summed E-state index contributed by atoms with van der Waals surface area (Å²) in [5.41, 5.74) is 2.02. The number of piperidine rings is 1. The number of nitrogens with one attached hydrogen (secondary N) is 1. The maximum atomic E-state index is 12.8. The minimum absolute atomic E-state index is 0.0563. The fraction of sp³-hybridized carbons (Fsp3) is 0.619. The zero-order chi connectivity index (χ0) is 19.1. The first-order valence-corrected chi connectivity index (χ1v) is 10.3. The average molecular weight is 373 g/mol. The van der Waals surface area contributed by atoms with Crippen LogP contribution in [0.15, 0.2) is 24.3 Å². The molecule has 1 aromatic rings. The molecule has 1 aromatic carbocycles. The van der Waals surface area contributed by atoms with Crippen molar-refractivity contribution in [3.8, 4) is 0 Å². The van der Waals surface area contributed by atoms with Crippen molar-refractivity contribution >= 4 is 23.4 Å². The van der Waals surface area contributed by atoms with Crippen molar-refractivity contribution in [3.63, 3.8) is 0 Å². The zero-order valence-electron chi connectivity index (χ0n) is 16.3. The second-order valence-electron chi connectivity index (χ2n) is 7.37. The largest absolute Gasteiger partial charge is 0.450 e. The fourth-order valence-electron chi connectivity index (χ4n) is 3.94. The van der Waals surface area contributed by atoms with Gasteiger partial charge in [-0.05, 0) is 44.7 Å². The number of nitrogens with zero attached hydrogens (tertiary/aromatic N) is 2. The lowest BCUT2D eigenvalue weighted by Crippen LogP contribution is -2.41. The fourth-order valence-corrected chi connectivity index (χ4v) is 3.94. The summed E-state index contributed by atoms with van der Waals surface area (Å²) < 4.78 is 5.05. The number of carbonyl (C=O) groups excluding carboxylic acids is 2. The van der Waals surface area contributed by atoms with Gasteiger partial charge >= 0.3 is 6.09 Å². The summed E-state index contributed by atoms with van der Waals surface area (Å²) in [6.07, 6.45) is 6.05. The molecular weight excluding hydrogens is 342 g/mol. The van der Waals surface area contributed by atoms with Crippen molar-refractivity contribution in [2.75, 3.05) is 43.0 Å². The van der Waals surface area contributed by atoms with Gasteiger partial charge in [0, 0.05) is 32.1 Å². The van der Waals surface area contributed by atoms with Crippen LogP contribution in [-0.4, -0.2) is 49.7 Å². The third-order valence-corrected chi connectivity index (χ3v) is 5.50. The van der Waals surface area contributed by atoms with Crippen LogP contribution < -0.4 is 10.2 Å². The van der Waals surface area contributed by atoms with Crippen LogP contribution in [0.3, 0.4) is 0 Å². The Morgan fingerprint density at radius 2 is 1.70 bits per heavy atom. The van der Waals surface area contributed by atoms with Crippen molar-refractivity contribution in [2.45, 2.75) is 45.4 Å². The van der Waals surface area contributed by atoms with Gasteiger partial charge in [0.2, 0.25) is 5.91 Å². The molecule has 2 saturated heterocycles. The Morgan fingerprint density at radius 1 is 1.04 bits per heavy atom. The van der Waals surface area contributed by atoms with E-state index in [4.69, 9.17) is 4.74 Å². The van der Waals surface area contributed by atoms with E-state index in [1.165, 1.54) is 25.7 Å². The number of likely N-dealkylation sites (tertiary alicyclic amines) is 1. The first kappa shape index (κ1) is 19.5. The number of amides is 2. The molecule has 0 saturated carbocycles. The van der Waals surface area contributed by atoms with Gasteiger partial charge in [0.25, 0.3) is 0 Å². The molecule has 0 atom stereocenters. The summed E-state index contributed by atoms with van der Waals surface area (Å²) in [7, 11) is 0. The number of hydrogen-bond donors (Lipinski definition) is 1. The quantitative estimate of drug-likeness (QED) is 0.870. The van der Waals surface area contributed by atoms with Gasteiger partial charge in [-0.1, -0.05) is 25.0 Å². The highest BCUT2D eigenvalue weighted by molar-refractivity contribution is 5.96. The molecule has 0 spiro atoms. The lowest BCUT2D eigenvalue weighted by Gasteiger charge is -2.31. The van der Waals surface area contributed by atoms with E-state index in [2.05, 4.69) is 16.3 Å². The lowest BCUT2D eigenvalue weighted by atomic mass is 9.96. The molecule has 6 heteroatoms. The van der Waals surface area contributed by atoms with Gasteiger partial charge in [0.05, 0.1) is 18.0 Å². The topological polar surface area (TPSA) is 61.9 Å². The molecule has 1 N–H and O–H groups in total. The van der Waals surface area contributed by atoms with E-state index in [0.717, 1.165) is 24.5 Å². The molecule has 0 radical (unpaired) electrons. The zero-order valence-corrected chi connectivity index (χ0v) is 16.3. The first-order chi connectivity index (χ1) is 13.2. The molecule has 27 heavy (non-hydrogen) atoms. The Labute approximate surface area is 161 Å². The van der Waals surface area contributed by atoms with E-state index in [9.17, 15) is 9.59 Å². The molecule has 2 heterocycles. The van der Waals surface area contributed by atoms with Gasteiger partial charge in [-0.25, -0.2) is 4.79 Å². The van der Waals surface area contributed by atoms with Crippen molar-refractivity contribution in [3.05, 3.63) is 24.3 Å². The molecule has 0 aromatic heterocycles. The molecule has 2 amide bonds. The summed E-state index contributed by atoms with van der Waals surface area (Å²) in [5.74, 6) is -0.00588. The number of anilines is 2. The summed E-state index contributed by atoms with van der Waals surface area (Å²) in [5, 5.41) is 3.15. The minimum atomic E-state index is -0.275. The van der Waals surface area contributed by atoms with Crippen molar-refractivity contribution in [1.82, 2.24) is 4.90 Å². The maximum Gasteiger partial charge on any atom is 0.409 e. The standard InChI is InChI=1S/C21H31N3O3/c1-2-27-21(26)24-15-11-17(12-16-24)20(25)22-18-9-5-6-10-19(18)23-13-7-3-4-8-14-23/h5-6,9-10,17H,2-4,7-8,11-16H2,1H3,(H,22,25). The van der Waals surface area contributed by atoms with Gasteiger partial charge < -0.3 is 19.9 Å². The summed E-state index contributed by atoms with van der Waals surface area (Å²) in [6.45, 7) is 5.43. The molecule has 2 aliphatic rings. The normalized spacial score (nSPS) is 18.7. The lowest BCUT2D eigenvalue weighted by molar-refractivity contribution is -0.121. The van der Waals surface area contributed by atoms with E-state index >= 15 is 0 Å². The van der Waals surface area contributed by atoms with Crippen LogP contribution >= 0.6 is 0 Å². The predicted molar refractivity (Wildman–Crippen MR) is 107 cm³/mol. The van der Waals surface area contributed by atoms with Crippen LogP contribution in [0, 0.1) is 5.92 Å². The Bertz CT molecular complexity index is 633. The average Bonchev–Trinajstić information content (AvgIpc) is 2.98. The Hall–Kier alpha value is -2.24. The number of hydrogen-bond acceptors (Lipinski definition) is 4. The Morgan fingerprint density at radius 3 is 2.37 bits per heavy atom. The van der Waals surface area contributed by atoms with Crippen LogP contribution in [0.4, 0.5) is 16.2 Å². The van der Waals surface area contributed by atoms with E-state index in [1.54, 1.807) is 11.8 Å². The molecule has 2 fully saturated rings. The number of ether oxygens (including phenoxy) is 1. The van der Waals surface area contributed by atoms with Crippen molar-refractivity contribution < 1.29 is 14.3 Å². The molecule has 2 aliphatic heterocycles. The smallest absolute Gasteiger partial charge is 0.409 e. The highest BCUT2D eigenvalue weighted by atomic mass is 16.6. The van der Waals surface area contributed by atoms with Crippen LogP contribution in [0.1, 0.15) is 45.4 Å². The molecular formula is C21H31N3O3. The Kier molecular flexibility index (Phi) is 6.96. The summed E-state index contributed by atoms with van der Waals surface area (Å²) in [4.78, 5) is 28.7. The van der Waals surface area contributed by atoms with E-state index in [1.807, 2.05) is 18.2 Å². The summed E-state index contributed by atoms with van der Waals surface area (Å²) in [6, 6.07) is 8.10. The molecule has 6 nitrogen and oxygen atoms in total. The van der Waals surface area contributed by atoms with Gasteiger partial charge in [-0.15, -0.1) is 0 Å². The molecule has 3 rings (SSSR count). The SMILES string of the molecule is CCOC(=O)N1CCC(C(=O)Nc2ccccc2N2CCCCCC2)CC1. The molecule has 0 aliphatic carbocycles. The van der Waals surface area contributed by atoms with Crippen LogP contribution in [-0.2, 0) is 9.53 Å². The molecule has 0 unspecified atom stereocenters. The minimum Gasteiger partial charge on any atom is -0.450 e. The van der Waals surface area contributed by atoms with E-state index < -0.39 is 0 Å². The van der Waals surface area contributed by atoms with Crippen LogP contribution in [0.5, 0.6) is 0 Å². The van der Waals surface area contributed by atoms with E-state index in [-0.39, 0.29) is 17.9 Å². The second kappa shape index (κ2) is 9.62. The van der Waals surface area contributed by atoms with Crippen LogP contribution in [0.2, 0.25) is 0 Å². The Balaban J connectivity index is 1.59. The highest BCUT2D eigenvalue weighted by Gasteiger charge is 2.28. The molecule has 0 bridgehead atoms. The van der Waals surface area contributed by atoms with Crippen molar-refractivity contribution in [2.24, 2.45) is 5.92 Å². The summed E-state index contributed by atoms with van der Waals surface area (Å²) >= 11 is 0. The molecule has 148 valence electrons. The number of rotatable bonds is 4. The van der Waals surface area contributed by atoms with Crippen molar-refractivity contribution in [1.29, 1.82) is 0 Å². The highest BCUT2D eigenvalue weighted by Crippen LogP contribution is 2.29. The number of benzene rings is 1. The predicted octanol–water partition coefficient (Wildman–Crippen LogP) is 3.87. The monoisotopic (exact) mass is 373 g/mol. The van der Waals surface area contributed by atoms with E-state index in [0.29, 0.717) is 32.5 Å². The van der Waals surface area contributed by atoms with Crippen LogP contribution in [0.25, 0.3) is 0 Å². The van der Waals surface area contributed by atoms with Gasteiger partial charge in [-0.3, -0.25) is 4.79 Å².